The SMILES string of the molecule is COC(C(=O)N1CCCN(Cc2ccccc2)CC1)c1ccccc1. The molecule has 132 valence electrons. The number of hydrogen-bond donors (Lipinski definition) is 0. The van der Waals surface area contributed by atoms with Gasteiger partial charge in [-0.05, 0) is 17.5 Å². The van der Waals surface area contributed by atoms with Crippen LogP contribution in [0.4, 0.5) is 0 Å². The van der Waals surface area contributed by atoms with Crippen LogP contribution in [-0.4, -0.2) is 49.0 Å². The minimum absolute atomic E-state index is 0.0651. The molecule has 1 saturated heterocycles. The molecule has 4 heteroatoms. The highest BCUT2D eigenvalue weighted by Gasteiger charge is 2.27. The number of carbonyl (C=O) groups is 1. The van der Waals surface area contributed by atoms with Crippen LogP contribution in [0.25, 0.3) is 0 Å². The van der Waals surface area contributed by atoms with Crippen LogP contribution in [0, 0.1) is 0 Å². The second-order valence-electron chi connectivity index (χ2n) is 6.47. The van der Waals surface area contributed by atoms with Gasteiger partial charge in [0.2, 0.25) is 0 Å². The van der Waals surface area contributed by atoms with Gasteiger partial charge in [0.15, 0.2) is 6.10 Å². The molecular weight excluding hydrogens is 312 g/mol. The smallest absolute Gasteiger partial charge is 0.256 e. The van der Waals surface area contributed by atoms with Gasteiger partial charge in [0.25, 0.3) is 5.91 Å². The van der Waals surface area contributed by atoms with E-state index in [1.165, 1.54) is 5.56 Å². The van der Waals surface area contributed by atoms with Crippen molar-refractivity contribution in [2.45, 2.75) is 19.1 Å². The highest BCUT2D eigenvalue weighted by atomic mass is 16.5. The van der Waals surface area contributed by atoms with E-state index in [2.05, 4.69) is 29.2 Å². The molecule has 1 atom stereocenters. The van der Waals surface area contributed by atoms with Gasteiger partial charge in [0, 0.05) is 39.8 Å². The second kappa shape index (κ2) is 8.79. The molecule has 1 aliphatic rings. The maximum absolute atomic E-state index is 12.9. The predicted octanol–water partition coefficient (Wildman–Crippen LogP) is 3.11. The van der Waals surface area contributed by atoms with Crippen LogP contribution in [0.15, 0.2) is 60.7 Å². The van der Waals surface area contributed by atoms with Crippen molar-refractivity contribution in [1.29, 1.82) is 0 Å². The molecule has 0 saturated carbocycles. The van der Waals surface area contributed by atoms with E-state index in [-0.39, 0.29) is 5.91 Å². The fourth-order valence-corrected chi connectivity index (χ4v) is 3.36. The molecule has 0 bridgehead atoms. The Hall–Kier alpha value is -2.17. The van der Waals surface area contributed by atoms with Crippen LogP contribution in [0.2, 0.25) is 0 Å². The summed E-state index contributed by atoms with van der Waals surface area (Å²) >= 11 is 0. The third-order valence-electron chi connectivity index (χ3n) is 4.71. The molecule has 2 aromatic rings. The molecule has 1 fully saturated rings. The summed E-state index contributed by atoms with van der Waals surface area (Å²) in [6, 6.07) is 20.2. The number of hydrogen-bond acceptors (Lipinski definition) is 3. The van der Waals surface area contributed by atoms with Crippen molar-refractivity contribution in [2.75, 3.05) is 33.3 Å². The van der Waals surface area contributed by atoms with Gasteiger partial charge in [0.05, 0.1) is 0 Å². The zero-order valence-corrected chi connectivity index (χ0v) is 14.8. The summed E-state index contributed by atoms with van der Waals surface area (Å²) in [4.78, 5) is 17.3. The molecular formula is C21H26N2O2. The van der Waals surface area contributed by atoms with Crippen molar-refractivity contribution in [3.63, 3.8) is 0 Å². The number of benzene rings is 2. The summed E-state index contributed by atoms with van der Waals surface area (Å²) in [6.45, 7) is 4.39. The zero-order chi connectivity index (χ0) is 17.5. The van der Waals surface area contributed by atoms with E-state index in [0.29, 0.717) is 0 Å². The van der Waals surface area contributed by atoms with Crippen LogP contribution in [-0.2, 0) is 16.1 Å². The van der Waals surface area contributed by atoms with Crippen molar-refractivity contribution in [1.82, 2.24) is 9.80 Å². The van der Waals surface area contributed by atoms with Crippen LogP contribution < -0.4 is 0 Å². The minimum atomic E-state index is -0.512. The summed E-state index contributed by atoms with van der Waals surface area (Å²) < 4.78 is 5.51. The van der Waals surface area contributed by atoms with Crippen molar-refractivity contribution < 1.29 is 9.53 Å². The van der Waals surface area contributed by atoms with Gasteiger partial charge in [-0.15, -0.1) is 0 Å². The first-order valence-electron chi connectivity index (χ1n) is 8.91. The van der Waals surface area contributed by atoms with E-state index in [4.69, 9.17) is 4.74 Å². The third kappa shape index (κ3) is 4.68. The van der Waals surface area contributed by atoms with E-state index < -0.39 is 6.10 Å². The Kier molecular flexibility index (Phi) is 6.20. The Bertz CT molecular complexity index is 660. The molecule has 0 N–H and O–H groups in total. The molecule has 0 aliphatic carbocycles. The lowest BCUT2D eigenvalue weighted by molar-refractivity contribution is -0.142. The number of rotatable bonds is 5. The molecule has 3 rings (SSSR count). The molecule has 0 aromatic heterocycles. The van der Waals surface area contributed by atoms with Crippen molar-refractivity contribution in [3.05, 3.63) is 71.8 Å². The number of ether oxygens (including phenoxy) is 1. The van der Waals surface area contributed by atoms with Gasteiger partial charge < -0.3 is 9.64 Å². The monoisotopic (exact) mass is 338 g/mol. The Morgan fingerprint density at radius 1 is 0.960 bits per heavy atom. The standard InChI is InChI=1S/C21H26N2O2/c1-25-20(19-11-6-3-7-12-19)21(24)23-14-8-13-22(15-16-23)17-18-9-4-2-5-10-18/h2-7,9-12,20H,8,13-17H2,1H3. The van der Waals surface area contributed by atoms with Gasteiger partial charge in [-0.3, -0.25) is 9.69 Å². The van der Waals surface area contributed by atoms with E-state index in [1.807, 2.05) is 41.3 Å². The maximum Gasteiger partial charge on any atom is 0.256 e. The molecule has 1 unspecified atom stereocenters. The van der Waals surface area contributed by atoms with Gasteiger partial charge in [-0.1, -0.05) is 60.7 Å². The van der Waals surface area contributed by atoms with E-state index >= 15 is 0 Å². The number of amides is 1. The lowest BCUT2D eigenvalue weighted by Gasteiger charge is -2.26. The van der Waals surface area contributed by atoms with Crippen molar-refractivity contribution in [2.24, 2.45) is 0 Å². The quantitative estimate of drug-likeness (QED) is 0.840. The highest BCUT2D eigenvalue weighted by Crippen LogP contribution is 2.20. The summed E-state index contributed by atoms with van der Waals surface area (Å²) in [5.74, 6) is 0.0651. The summed E-state index contributed by atoms with van der Waals surface area (Å²) in [5.41, 5.74) is 2.24. The summed E-state index contributed by atoms with van der Waals surface area (Å²) in [7, 11) is 1.61. The maximum atomic E-state index is 12.9. The molecule has 4 nitrogen and oxygen atoms in total. The molecule has 25 heavy (non-hydrogen) atoms. The zero-order valence-electron chi connectivity index (χ0n) is 14.8. The molecule has 0 spiro atoms. The van der Waals surface area contributed by atoms with Gasteiger partial charge in [0.1, 0.15) is 0 Å². The predicted molar refractivity (Wildman–Crippen MR) is 99.1 cm³/mol. The van der Waals surface area contributed by atoms with Crippen LogP contribution >= 0.6 is 0 Å². The summed E-state index contributed by atoms with van der Waals surface area (Å²) in [5, 5.41) is 0. The van der Waals surface area contributed by atoms with E-state index in [1.54, 1.807) is 7.11 Å². The normalized spacial score (nSPS) is 17.1. The lowest BCUT2D eigenvalue weighted by Crippen LogP contribution is -2.38. The molecule has 1 amide bonds. The summed E-state index contributed by atoms with van der Waals surface area (Å²) in [6.07, 6.45) is 0.478. The molecule has 0 radical (unpaired) electrons. The van der Waals surface area contributed by atoms with Crippen molar-refractivity contribution >= 4 is 5.91 Å². The topological polar surface area (TPSA) is 32.8 Å². The lowest BCUT2D eigenvalue weighted by atomic mass is 10.1. The first-order chi connectivity index (χ1) is 12.3. The largest absolute Gasteiger partial charge is 0.367 e. The van der Waals surface area contributed by atoms with Crippen molar-refractivity contribution in [3.8, 4) is 0 Å². The first kappa shape index (κ1) is 17.6. The van der Waals surface area contributed by atoms with Crippen LogP contribution in [0.5, 0.6) is 0 Å². The van der Waals surface area contributed by atoms with E-state index in [0.717, 1.165) is 44.7 Å². The second-order valence-corrected chi connectivity index (χ2v) is 6.47. The highest BCUT2D eigenvalue weighted by molar-refractivity contribution is 5.82. The molecule has 2 aromatic carbocycles. The van der Waals surface area contributed by atoms with Gasteiger partial charge in [-0.25, -0.2) is 0 Å². The Morgan fingerprint density at radius 2 is 1.64 bits per heavy atom. The third-order valence-corrected chi connectivity index (χ3v) is 4.71. The molecule has 1 heterocycles. The molecule has 1 aliphatic heterocycles. The average molecular weight is 338 g/mol. The van der Waals surface area contributed by atoms with Crippen LogP contribution in [0.3, 0.4) is 0 Å². The number of methoxy groups -OCH3 is 1. The average Bonchev–Trinajstić information content (AvgIpc) is 2.90. The fourth-order valence-electron chi connectivity index (χ4n) is 3.36. The van der Waals surface area contributed by atoms with E-state index in [9.17, 15) is 4.79 Å². The Balaban J connectivity index is 1.61. The Morgan fingerprint density at radius 3 is 2.32 bits per heavy atom. The van der Waals surface area contributed by atoms with Crippen LogP contribution in [0.1, 0.15) is 23.7 Å². The Labute approximate surface area is 150 Å². The number of carbonyl (C=O) groups excluding carboxylic acids is 1. The number of nitrogens with zero attached hydrogens (tertiary/aromatic N) is 2. The first-order valence-corrected chi connectivity index (χ1v) is 8.91. The minimum Gasteiger partial charge on any atom is -0.367 e. The fraction of sp³-hybridized carbons (Fsp3) is 0.381. The van der Waals surface area contributed by atoms with Gasteiger partial charge in [-0.2, -0.15) is 0 Å². The van der Waals surface area contributed by atoms with Gasteiger partial charge >= 0.3 is 0 Å².